The molecule has 0 saturated heterocycles. The zero-order valence-corrected chi connectivity index (χ0v) is 21.8. The number of rotatable bonds is 10. The van der Waals surface area contributed by atoms with Crippen molar-refractivity contribution in [2.45, 2.75) is 74.1 Å². The Morgan fingerprint density at radius 3 is 0.844 bits per heavy atom. The monoisotopic (exact) mass is 498 g/mol. The van der Waals surface area contributed by atoms with Crippen LogP contribution in [0.5, 0.6) is 0 Å². The third-order valence-corrected chi connectivity index (χ3v) is 2.32. The van der Waals surface area contributed by atoms with Crippen LogP contribution in [0.1, 0.15) is 74.1 Å². The Bertz CT molecular complexity index is 459. The first-order valence-corrected chi connectivity index (χ1v) is 9.97. The van der Waals surface area contributed by atoms with Gasteiger partial charge in [0, 0.05) is 28.3 Å². The number of hydrogen-bond acceptors (Lipinski definition) is 10. The van der Waals surface area contributed by atoms with Crippen molar-refractivity contribution >= 4 is 35.3 Å². The standard InChI is InChI=1S/3C6H10O3.C3H8O.Ti/c3*1-3-9-6(8)4-5(2)7;1-2-3-4;/h3*3-4H2,1-2H3;4H,2-3H2,1H3;. The van der Waals surface area contributed by atoms with E-state index < -0.39 is 17.9 Å². The van der Waals surface area contributed by atoms with E-state index in [2.05, 4.69) is 14.2 Å². The van der Waals surface area contributed by atoms with Gasteiger partial charge in [-0.15, -0.1) is 0 Å². The predicted molar refractivity (Wildman–Crippen MR) is 113 cm³/mol. The Morgan fingerprint density at radius 2 is 0.750 bits per heavy atom. The van der Waals surface area contributed by atoms with E-state index in [0.29, 0.717) is 26.4 Å². The molecule has 0 aliphatic carbocycles. The maximum Gasteiger partial charge on any atom is 0.313 e. The van der Waals surface area contributed by atoms with Gasteiger partial charge in [0.15, 0.2) is 0 Å². The summed E-state index contributed by atoms with van der Waals surface area (Å²) < 4.78 is 13.5. The molecule has 0 saturated carbocycles. The first kappa shape index (κ1) is 40.5. The first-order chi connectivity index (χ1) is 14.4. The molecule has 0 amide bonds. The molecule has 1 N–H and O–H groups in total. The summed E-state index contributed by atoms with van der Waals surface area (Å²) in [6.07, 6.45) is 0.565. The molecule has 0 rings (SSSR count). The maximum absolute atomic E-state index is 10.4. The average Bonchev–Trinajstić information content (AvgIpc) is 2.61. The molecule has 0 aliphatic rings. The third-order valence-electron chi connectivity index (χ3n) is 2.32. The van der Waals surface area contributed by atoms with Crippen LogP contribution in [0.3, 0.4) is 0 Å². The van der Waals surface area contributed by atoms with E-state index in [1.54, 1.807) is 20.8 Å². The van der Waals surface area contributed by atoms with Gasteiger partial charge in [0.05, 0.1) is 19.8 Å². The molecule has 0 unspecified atom stereocenters. The maximum atomic E-state index is 10.4. The van der Waals surface area contributed by atoms with Gasteiger partial charge >= 0.3 is 17.9 Å². The van der Waals surface area contributed by atoms with E-state index in [0.717, 1.165) is 6.42 Å². The Morgan fingerprint density at radius 1 is 0.562 bits per heavy atom. The Hall–Kier alpha value is -1.91. The van der Waals surface area contributed by atoms with Gasteiger partial charge in [0.1, 0.15) is 36.6 Å². The number of carbonyl (C=O) groups is 6. The molecule has 0 aromatic carbocycles. The smallest absolute Gasteiger partial charge is 0.313 e. The molecule has 0 aromatic rings. The number of esters is 3. The van der Waals surface area contributed by atoms with E-state index >= 15 is 0 Å². The Labute approximate surface area is 205 Å². The van der Waals surface area contributed by atoms with Gasteiger partial charge in [-0.3, -0.25) is 28.8 Å². The van der Waals surface area contributed by atoms with Crippen LogP contribution >= 0.6 is 0 Å². The van der Waals surface area contributed by atoms with Crippen molar-refractivity contribution in [3.05, 3.63) is 0 Å². The normalized spacial score (nSPS) is 8.25. The van der Waals surface area contributed by atoms with Gasteiger partial charge in [-0.05, 0) is 48.0 Å². The molecule has 0 atom stereocenters. The fourth-order valence-electron chi connectivity index (χ4n) is 1.25. The summed E-state index contributed by atoms with van der Waals surface area (Å²) >= 11 is 0. The van der Waals surface area contributed by atoms with Crippen LogP contribution in [0.4, 0.5) is 0 Å². The minimum Gasteiger partial charge on any atom is -0.466 e. The minimum atomic E-state index is -0.440. The van der Waals surface area contributed by atoms with E-state index in [9.17, 15) is 28.8 Å². The number of aliphatic hydroxyl groups is 1. The molecule has 32 heavy (non-hydrogen) atoms. The summed E-state index contributed by atoms with van der Waals surface area (Å²) in [6.45, 7) is 12.5. The summed E-state index contributed by atoms with van der Waals surface area (Å²) in [5.74, 6) is -1.80. The fourth-order valence-corrected chi connectivity index (χ4v) is 1.25. The Balaban J connectivity index is -0.000000104. The molecule has 0 aromatic heterocycles. The van der Waals surface area contributed by atoms with Gasteiger partial charge in [-0.25, -0.2) is 0 Å². The molecule has 0 heterocycles. The third kappa shape index (κ3) is 51.1. The molecule has 0 radical (unpaired) electrons. The second-order valence-electron chi connectivity index (χ2n) is 5.78. The van der Waals surface area contributed by atoms with Crippen molar-refractivity contribution in [2.75, 3.05) is 26.4 Å². The molecule has 11 heteroatoms. The largest absolute Gasteiger partial charge is 0.466 e. The molecular formula is C21H38O10Ti. The summed E-state index contributed by atoms with van der Waals surface area (Å²) in [5.41, 5.74) is 0. The number of Topliss-reactive ketones (excluding diaryl/α,β-unsaturated/α-hetero) is 3. The molecule has 0 fully saturated rings. The predicted octanol–water partition coefficient (Wildman–Crippen LogP) is 1.97. The second kappa shape index (κ2) is 31.3. The van der Waals surface area contributed by atoms with Gasteiger partial charge in [-0.1, -0.05) is 6.92 Å². The average molecular weight is 498 g/mol. The zero-order valence-electron chi connectivity index (χ0n) is 20.3. The van der Waals surface area contributed by atoms with Gasteiger partial charge < -0.3 is 19.3 Å². The zero-order chi connectivity index (χ0) is 25.2. The van der Waals surface area contributed by atoms with Crippen LogP contribution in [0.25, 0.3) is 0 Å². The minimum absolute atomic E-state index is 0. The topological polar surface area (TPSA) is 150 Å². The van der Waals surface area contributed by atoms with Crippen molar-refractivity contribution in [1.29, 1.82) is 0 Å². The summed E-state index contributed by atoms with van der Waals surface area (Å²) in [4.78, 5) is 61.9. The summed E-state index contributed by atoms with van der Waals surface area (Å²) in [6, 6.07) is 0. The first-order valence-electron chi connectivity index (χ1n) is 9.97. The van der Waals surface area contributed by atoms with Crippen LogP contribution in [0, 0.1) is 0 Å². The van der Waals surface area contributed by atoms with Crippen LogP contribution in [0.2, 0.25) is 0 Å². The SMILES string of the molecule is CCCO.CCOC(=O)CC(C)=O.CCOC(=O)CC(C)=O.CCOC(=O)CC(C)=O.[Ti]. The molecule has 0 bridgehead atoms. The van der Waals surface area contributed by atoms with Crippen LogP contribution in [-0.4, -0.2) is 66.8 Å². The molecule has 0 spiro atoms. The quantitative estimate of drug-likeness (QED) is 0.205. The number of aliphatic hydroxyl groups excluding tert-OH is 1. The Kier molecular flexibility index (Phi) is 39.5. The van der Waals surface area contributed by atoms with Crippen molar-refractivity contribution in [3.63, 3.8) is 0 Å². The van der Waals surface area contributed by atoms with Crippen molar-refractivity contribution in [1.82, 2.24) is 0 Å². The van der Waals surface area contributed by atoms with Crippen molar-refractivity contribution in [3.8, 4) is 0 Å². The van der Waals surface area contributed by atoms with E-state index in [4.69, 9.17) is 5.11 Å². The van der Waals surface area contributed by atoms with Gasteiger partial charge in [-0.2, -0.15) is 0 Å². The summed E-state index contributed by atoms with van der Waals surface area (Å²) in [5, 5.41) is 7.88. The van der Waals surface area contributed by atoms with Crippen LogP contribution in [-0.2, 0) is 64.7 Å². The van der Waals surface area contributed by atoms with Crippen molar-refractivity contribution in [2.24, 2.45) is 0 Å². The van der Waals surface area contributed by atoms with Gasteiger partial charge in [0.2, 0.25) is 0 Å². The second-order valence-corrected chi connectivity index (χ2v) is 5.78. The van der Waals surface area contributed by atoms with Gasteiger partial charge in [0.25, 0.3) is 0 Å². The number of hydrogen-bond donors (Lipinski definition) is 1. The van der Waals surface area contributed by atoms with E-state index in [1.165, 1.54) is 20.8 Å². The molecule has 10 nitrogen and oxygen atoms in total. The fraction of sp³-hybridized carbons (Fsp3) is 0.714. The molecule has 0 aliphatic heterocycles. The van der Waals surface area contributed by atoms with Crippen LogP contribution in [0.15, 0.2) is 0 Å². The van der Waals surface area contributed by atoms with E-state index in [1.807, 2.05) is 6.92 Å². The van der Waals surface area contributed by atoms with Crippen molar-refractivity contribution < 1.29 is 69.8 Å². The number of carbonyl (C=O) groups excluding carboxylic acids is 6. The van der Waals surface area contributed by atoms with E-state index in [-0.39, 0.29) is 58.3 Å². The molecule has 186 valence electrons. The number of ketones is 3. The molecular weight excluding hydrogens is 460 g/mol. The van der Waals surface area contributed by atoms with Crippen LogP contribution < -0.4 is 0 Å². The summed E-state index contributed by atoms with van der Waals surface area (Å²) in [7, 11) is 0. The number of ether oxygens (including phenoxy) is 3.